The number of likely N-dealkylation sites (tertiary alicyclic amines) is 1. The molecule has 0 spiro atoms. The summed E-state index contributed by atoms with van der Waals surface area (Å²) in [6, 6.07) is 19.2. The number of rotatable bonds is 6. The molecule has 2 heterocycles. The van der Waals surface area contributed by atoms with Gasteiger partial charge < -0.3 is 9.32 Å². The average Bonchev–Trinajstić information content (AvgIpc) is 3.18. The molecule has 144 valence electrons. The molecule has 2 aromatic carbocycles. The van der Waals surface area contributed by atoms with Crippen LogP contribution < -0.4 is 0 Å². The highest BCUT2D eigenvalue weighted by atomic mass is 16.3. The lowest BCUT2D eigenvalue weighted by Crippen LogP contribution is -2.34. The van der Waals surface area contributed by atoms with Crippen molar-refractivity contribution in [3.05, 3.63) is 65.5 Å². The molecule has 4 nitrogen and oxygen atoms in total. The Kier molecular flexibility index (Phi) is 5.73. The smallest absolute Gasteiger partial charge is 0.212 e. The predicted octanol–water partition coefficient (Wildman–Crippen LogP) is 5.27. The van der Waals surface area contributed by atoms with E-state index in [9.17, 15) is 5.26 Å². The van der Waals surface area contributed by atoms with Gasteiger partial charge in [-0.3, -0.25) is 0 Å². The number of fused-ring (bicyclic) bond motifs is 1. The first-order valence-electron chi connectivity index (χ1n) is 10.3. The van der Waals surface area contributed by atoms with Gasteiger partial charge in [-0.05, 0) is 61.9 Å². The minimum atomic E-state index is -0.264. The molecule has 0 amide bonds. The molecule has 0 radical (unpaired) electrons. The van der Waals surface area contributed by atoms with Gasteiger partial charge in [0.1, 0.15) is 11.4 Å². The van der Waals surface area contributed by atoms with Crippen LogP contribution >= 0.6 is 0 Å². The van der Waals surface area contributed by atoms with Crippen molar-refractivity contribution in [2.45, 2.75) is 44.4 Å². The molecule has 1 aliphatic rings. The van der Waals surface area contributed by atoms with Crippen LogP contribution in [0.15, 0.2) is 52.9 Å². The fourth-order valence-corrected chi connectivity index (χ4v) is 4.19. The molecule has 0 N–H and O–H groups in total. The van der Waals surface area contributed by atoms with Crippen LogP contribution in [0.1, 0.15) is 55.0 Å². The summed E-state index contributed by atoms with van der Waals surface area (Å²) in [4.78, 5) is 7.29. The maximum atomic E-state index is 9.33. The van der Waals surface area contributed by atoms with Gasteiger partial charge in [-0.15, -0.1) is 0 Å². The molecular formula is C24H27N3O. The number of para-hydroxylation sites is 1. The Hall–Kier alpha value is -2.64. The summed E-state index contributed by atoms with van der Waals surface area (Å²) in [5.41, 5.74) is 4.46. The Balaban J connectivity index is 1.43. The Morgan fingerprint density at radius 3 is 2.64 bits per heavy atom. The van der Waals surface area contributed by atoms with E-state index in [2.05, 4.69) is 53.4 Å². The first-order valence-corrected chi connectivity index (χ1v) is 10.3. The fraction of sp³-hybridized carbons (Fsp3) is 0.417. The number of nitrogens with zero attached hydrogens (tertiary/aromatic N) is 3. The lowest BCUT2D eigenvalue weighted by Gasteiger charge is -2.32. The van der Waals surface area contributed by atoms with Gasteiger partial charge >= 0.3 is 0 Å². The molecule has 1 aromatic heterocycles. The van der Waals surface area contributed by atoms with Crippen LogP contribution in [0.2, 0.25) is 0 Å². The van der Waals surface area contributed by atoms with Crippen molar-refractivity contribution in [2.24, 2.45) is 0 Å². The summed E-state index contributed by atoms with van der Waals surface area (Å²) < 4.78 is 5.91. The summed E-state index contributed by atoms with van der Waals surface area (Å²) in [7, 11) is 0. The van der Waals surface area contributed by atoms with Crippen molar-refractivity contribution in [1.29, 1.82) is 5.26 Å². The second-order valence-electron chi connectivity index (χ2n) is 7.69. The van der Waals surface area contributed by atoms with E-state index >= 15 is 0 Å². The lowest BCUT2D eigenvalue weighted by atomic mass is 9.88. The van der Waals surface area contributed by atoms with Crippen molar-refractivity contribution in [2.75, 3.05) is 19.6 Å². The molecule has 0 bridgehead atoms. The Bertz CT molecular complexity index is 949. The summed E-state index contributed by atoms with van der Waals surface area (Å²) in [5.74, 6) is 0.810. The van der Waals surface area contributed by atoms with Crippen LogP contribution in [-0.4, -0.2) is 29.5 Å². The van der Waals surface area contributed by atoms with E-state index in [0.717, 1.165) is 56.4 Å². The minimum Gasteiger partial charge on any atom is -0.439 e. The molecule has 1 fully saturated rings. The van der Waals surface area contributed by atoms with Gasteiger partial charge in [-0.1, -0.05) is 49.4 Å². The molecule has 1 saturated heterocycles. The van der Waals surface area contributed by atoms with E-state index in [1.807, 2.05) is 13.0 Å². The van der Waals surface area contributed by atoms with Crippen LogP contribution in [0.25, 0.3) is 11.1 Å². The quantitative estimate of drug-likeness (QED) is 0.591. The van der Waals surface area contributed by atoms with Crippen molar-refractivity contribution in [1.82, 2.24) is 9.88 Å². The zero-order valence-electron chi connectivity index (χ0n) is 16.5. The highest BCUT2D eigenvalue weighted by Gasteiger charge is 2.24. The lowest BCUT2D eigenvalue weighted by molar-refractivity contribution is 0.215. The number of hydrogen-bond donors (Lipinski definition) is 0. The summed E-state index contributed by atoms with van der Waals surface area (Å²) in [5, 5.41) is 9.33. The maximum Gasteiger partial charge on any atom is 0.212 e. The van der Waals surface area contributed by atoms with Gasteiger partial charge in [0.05, 0.1) is 6.07 Å². The number of benzene rings is 2. The largest absolute Gasteiger partial charge is 0.439 e. The van der Waals surface area contributed by atoms with E-state index in [-0.39, 0.29) is 5.92 Å². The maximum absolute atomic E-state index is 9.33. The highest BCUT2D eigenvalue weighted by Crippen LogP contribution is 2.34. The minimum absolute atomic E-state index is 0.264. The van der Waals surface area contributed by atoms with Gasteiger partial charge in [-0.25, -0.2) is 4.98 Å². The van der Waals surface area contributed by atoms with Gasteiger partial charge in [0.2, 0.25) is 5.89 Å². The van der Waals surface area contributed by atoms with Crippen LogP contribution in [0, 0.1) is 11.3 Å². The SMILES string of the molecule is CCC(C#N)c1nc2c(C3CCN(CCc4ccccc4)CC3)cccc2o1. The predicted molar refractivity (Wildman–Crippen MR) is 111 cm³/mol. The molecular weight excluding hydrogens is 346 g/mol. The second kappa shape index (κ2) is 8.58. The molecule has 0 aliphatic carbocycles. The molecule has 1 atom stereocenters. The normalized spacial score (nSPS) is 16.9. The van der Waals surface area contributed by atoms with Crippen LogP contribution in [-0.2, 0) is 6.42 Å². The standard InChI is InChI=1S/C24H27N3O/c1-2-19(17-25)24-26-23-21(9-6-10-22(23)28-24)20-12-15-27(16-13-20)14-11-18-7-4-3-5-8-18/h3-10,19-20H,2,11-16H2,1H3. The molecule has 0 saturated carbocycles. The Morgan fingerprint density at radius 2 is 1.93 bits per heavy atom. The Labute approximate surface area is 166 Å². The van der Waals surface area contributed by atoms with Gasteiger partial charge in [-0.2, -0.15) is 5.26 Å². The third-order valence-electron chi connectivity index (χ3n) is 5.92. The highest BCUT2D eigenvalue weighted by molar-refractivity contribution is 5.77. The van der Waals surface area contributed by atoms with Crippen LogP contribution in [0.5, 0.6) is 0 Å². The first-order chi connectivity index (χ1) is 13.8. The number of aromatic nitrogens is 1. The van der Waals surface area contributed by atoms with E-state index in [0.29, 0.717) is 11.8 Å². The van der Waals surface area contributed by atoms with Crippen LogP contribution in [0.3, 0.4) is 0 Å². The molecule has 4 rings (SSSR count). The molecule has 1 unspecified atom stereocenters. The van der Waals surface area contributed by atoms with Crippen molar-refractivity contribution in [3.63, 3.8) is 0 Å². The number of piperidine rings is 1. The number of nitriles is 1. The topological polar surface area (TPSA) is 53.1 Å². The third-order valence-corrected chi connectivity index (χ3v) is 5.92. The van der Waals surface area contributed by atoms with Crippen LogP contribution in [0.4, 0.5) is 0 Å². The summed E-state index contributed by atoms with van der Waals surface area (Å²) in [6.07, 6.45) is 4.12. The van der Waals surface area contributed by atoms with E-state index < -0.39 is 0 Å². The molecule has 4 heteroatoms. The monoisotopic (exact) mass is 373 g/mol. The molecule has 3 aromatic rings. The average molecular weight is 374 g/mol. The third kappa shape index (κ3) is 3.95. The fourth-order valence-electron chi connectivity index (χ4n) is 4.19. The van der Waals surface area contributed by atoms with Crippen molar-refractivity contribution < 1.29 is 4.42 Å². The van der Waals surface area contributed by atoms with Gasteiger partial charge in [0.15, 0.2) is 5.58 Å². The van der Waals surface area contributed by atoms with E-state index in [1.165, 1.54) is 11.1 Å². The van der Waals surface area contributed by atoms with E-state index in [4.69, 9.17) is 9.40 Å². The zero-order valence-corrected chi connectivity index (χ0v) is 16.5. The van der Waals surface area contributed by atoms with Crippen molar-refractivity contribution >= 4 is 11.1 Å². The Morgan fingerprint density at radius 1 is 1.14 bits per heavy atom. The zero-order chi connectivity index (χ0) is 19.3. The first kappa shape index (κ1) is 18.7. The van der Waals surface area contributed by atoms with Gasteiger partial charge in [0.25, 0.3) is 0 Å². The second-order valence-corrected chi connectivity index (χ2v) is 7.69. The number of oxazole rings is 1. The summed E-state index contributed by atoms with van der Waals surface area (Å²) >= 11 is 0. The summed E-state index contributed by atoms with van der Waals surface area (Å²) in [6.45, 7) is 5.35. The van der Waals surface area contributed by atoms with E-state index in [1.54, 1.807) is 0 Å². The molecule has 1 aliphatic heterocycles. The number of hydrogen-bond acceptors (Lipinski definition) is 4. The molecule has 28 heavy (non-hydrogen) atoms. The van der Waals surface area contributed by atoms with Crippen molar-refractivity contribution in [3.8, 4) is 6.07 Å². The van der Waals surface area contributed by atoms with Gasteiger partial charge in [0, 0.05) is 6.54 Å².